The number of carboxylic acid groups (broad SMARTS) is 1. The number of rotatable bonds is 31. The van der Waals surface area contributed by atoms with Crippen molar-refractivity contribution >= 4 is 11.9 Å². The lowest BCUT2D eigenvalue weighted by Gasteiger charge is -2.17. The molecule has 0 aliphatic carbocycles. The second-order valence-electron chi connectivity index (χ2n) is 11.7. The highest BCUT2D eigenvalue weighted by atomic mass is 16.5. The van der Waals surface area contributed by atoms with Crippen LogP contribution in [-0.2, 0) is 14.3 Å². The van der Waals surface area contributed by atoms with Crippen molar-refractivity contribution in [3.8, 4) is 0 Å². The highest BCUT2D eigenvalue weighted by molar-refractivity contribution is 5.69. The Morgan fingerprint density at radius 2 is 0.974 bits per heavy atom. The van der Waals surface area contributed by atoms with E-state index in [4.69, 9.17) is 9.84 Å². The van der Waals surface area contributed by atoms with Crippen molar-refractivity contribution in [2.24, 2.45) is 0 Å². The Balaban J connectivity index is 3.55. The van der Waals surface area contributed by atoms with Gasteiger partial charge in [0, 0.05) is 12.8 Å². The Morgan fingerprint density at radius 3 is 1.46 bits per heavy atom. The van der Waals surface area contributed by atoms with E-state index in [2.05, 4.69) is 26.0 Å². The third-order valence-corrected chi connectivity index (χ3v) is 7.72. The quantitative estimate of drug-likeness (QED) is 0.0529. The smallest absolute Gasteiger partial charge is 0.306 e. The zero-order valence-electron chi connectivity index (χ0n) is 26.2. The van der Waals surface area contributed by atoms with Gasteiger partial charge in [-0.05, 0) is 57.8 Å². The van der Waals surface area contributed by atoms with E-state index in [1.807, 2.05) is 0 Å². The minimum atomic E-state index is -0.684. The summed E-state index contributed by atoms with van der Waals surface area (Å²) in [5, 5.41) is 8.66. The van der Waals surface area contributed by atoms with E-state index < -0.39 is 5.97 Å². The van der Waals surface area contributed by atoms with E-state index in [0.717, 1.165) is 57.8 Å². The molecule has 0 aromatic rings. The molecule has 1 unspecified atom stereocenters. The van der Waals surface area contributed by atoms with Gasteiger partial charge in [0.15, 0.2) is 0 Å². The maximum absolute atomic E-state index is 12.3. The number of esters is 1. The molecule has 4 heteroatoms. The molecule has 1 atom stereocenters. The molecule has 0 spiro atoms. The van der Waals surface area contributed by atoms with Gasteiger partial charge in [-0.1, -0.05) is 135 Å². The van der Waals surface area contributed by atoms with Crippen LogP contribution in [0.2, 0.25) is 0 Å². The first kappa shape index (κ1) is 37.7. The third kappa shape index (κ3) is 31.1. The third-order valence-electron chi connectivity index (χ3n) is 7.72. The molecule has 0 saturated carbocycles. The molecule has 0 saturated heterocycles. The van der Waals surface area contributed by atoms with Crippen LogP contribution in [0, 0.1) is 0 Å². The molecule has 0 radical (unpaired) electrons. The topological polar surface area (TPSA) is 63.6 Å². The van der Waals surface area contributed by atoms with Crippen LogP contribution in [-0.4, -0.2) is 23.1 Å². The van der Waals surface area contributed by atoms with Gasteiger partial charge in [0.05, 0.1) is 0 Å². The lowest BCUT2D eigenvalue weighted by atomic mass is 10.0. The summed E-state index contributed by atoms with van der Waals surface area (Å²) >= 11 is 0. The molecule has 0 aromatic carbocycles. The molecule has 0 heterocycles. The summed E-state index contributed by atoms with van der Waals surface area (Å²) in [7, 11) is 0. The van der Waals surface area contributed by atoms with Crippen molar-refractivity contribution < 1.29 is 19.4 Å². The first-order chi connectivity index (χ1) is 19.1. The van der Waals surface area contributed by atoms with Crippen molar-refractivity contribution in [1.82, 2.24) is 0 Å². The average Bonchev–Trinajstić information content (AvgIpc) is 2.91. The summed E-state index contributed by atoms with van der Waals surface area (Å²) in [5.74, 6) is -0.682. The fourth-order valence-corrected chi connectivity index (χ4v) is 5.23. The van der Waals surface area contributed by atoms with Crippen LogP contribution in [0.5, 0.6) is 0 Å². The molecule has 0 amide bonds. The number of allylic oxidation sites excluding steroid dienone is 2. The summed E-state index contributed by atoms with van der Waals surface area (Å²) in [6.07, 6.45) is 37.1. The predicted octanol–water partition coefficient (Wildman–Crippen LogP) is 11.5. The van der Waals surface area contributed by atoms with Gasteiger partial charge in [-0.25, -0.2) is 0 Å². The highest BCUT2D eigenvalue weighted by Crippen LogP contribution is 2.17. The monoisotopic (exact) mass is 550 g/mol. The lowest BCUT2D eigenvalue weighted by Crippen LogP contribution is -2.18. The number of carboxylic acids is 1. The number of hydrogen-bond donors (Lipinski definition) is 1. The van der Waals surface area contributed by atoms with Gasteiger partial charge >= 0.3 is 11.9 Å². The van der Waals surface area contributed by atoms with Gasteiger partial charge in [-0.3, -0.25) is 9.59 Å². The maximum Gasteiger partial charge on any atom is 0.306 e. The van der Waals surface area contributed by atoms with Crippen LogP contribution in [0.4, 0.5) is 0 Å². The molecule has 39 heavy (non-hydrogen) atoms. The fraction of sp³-hybridized carbons (Fsp3) is 0.886. The van der Waals surface area contributed by atoms with Crippen LogP contribution >= 0.6 is 0 Å². The summed E-state index contributed by atoms with van der Waals surface area (Å²) in [4.78, 5) is 22.8. The van der Waals surface area contributed by atoms with E-state index in [0.29, 0.717) is 12.8 Å². The van der Waals surface area contributed by atoms with Gasteiger partial charge in [0.25, 0.3) is 0 Å². The van der Waals surface area contributed by atoms with Crippen LogP contribution < -0.4 is 0 Å². The molecule has 0 bridgehead atoms. The van der Waals surface area contributed by atoms with E-state index in [1.165, 1.54) is 109 Å². The van der Waals surface area contributed by atoms with E-state index in [1.54, 1.807) is 0 Å². The van der Waals surface area contributed by atoms with Crippen molar-refractivity contribution in [2.75, 3.05) is 0 Å². The average molecular weight is 551 g/mol. The van der Waals surface area contributed by atoms with Crippen molar-refractivity contribution in [3.63, 3.8) is 0 Å². The molecule has 0 aliphatic heterocycles. The van der Waals surface area contributed by atoms with Gasteiger partial charge in [-0.2, -0.15) is 0 Å². The van der Waals surface area contributed by atoms with Crippen LogP contribution in [0.15, 0.2) is 12.2 Å². The molecule has 4 nitrogen and oxygen atoms in total. The molecular formula is C35H66O4. The Hall–Kier alpha value is -1.32. The Kier molecular flexibility index (Phi) is 30.2. The molecular weight excluding hydrogens is 484 g/mol. The molecule has 0 fully saturated rings. The van der Waals surface area contributed by atoms with E-state index in [9.17, 15) is 9.59 Å². The lowest BCUT2D eigenvalue weighted by molar-refractivity contribution is -0.150. The molecule has 1 N–H and O–H groups in total. The summed E-state index contributed by atoms with van der Waals surface area (Å²) in [5.41, 5.74) is 0. The molecule has 0 rings (SSSR count). The zero-order chi connectivity index (χ0) is 28.7. The number of carbonyl (C=O) groups excluding carboxylic acids is 1. The number of ether oxygens (including phenoxy) is 1. The summed E-state index contributed by atoms with van der Waals surface area (Å²) in [6, 6.07) is 0. The number of aliphatic carboxylic acids is 1. The van der Waals surface area contributed by atoms with Crippen molar-refractivity contribution in [1.29, 1.82) is 0 Å². The first-order valence-electron chi connectivity index (χ1n) is 17.2. The molecule has 0 aliphatic rings. The molecule has 230 valence electrons. The largest absolute Gasteiger partial charge is 0.481 e. The van der Waals surface area contributed by atoms with Crippen LogP contribution in [0.1, 0.15) is 194 Å². The van der Waals surface area contributed by atoms with Crippen LogP contribution in [0.25, 0.3) is 0 Å². The Bertz CT molecular complexity index is 557. The Labute approximate surface area is 243 Å². The van der Waals surface area contributed by atoms with Gasteiger partial charge in [-0.15, -0.1) is 0 Å². The first-order valence-corrected chi connectivity index (χ1v) is 17.2. The summed E-state index contributed by atoms with van der Waals surface area (Å²) in [6.45, 7) is 4.44. The Morgan fingerprint density at radius 1 is 0.538 bits per heavy atom. The second kappa shape index (κ2) is 31.2. The minimum absolute atomic E-state index is 0.00237. The van der Waals surface area contributed by atoms with Crippen LogP contribution in [0.3, 0.4) is 0 Å². The van der Waals surface area contributed by atoms with Gasteiger partial charge < -0.3 is 9.84 Å². The van der Waals surface area contributed by atoms with E-state index >= 15 is 0 Å². The summed E-state index contributed by atoms with van der Waals surface area (Å²) < 4.78 is 5.82. The van der Waals surface area contributed by atoms with Crippen molar-refractivity contribution in [2.45, 2.75) is 200 Å². The number of hydrogen-bond acceptors (Lipinski definition) is 3. The molecule has 0 aromatic heterocycles. The fourth-order valence-electron chi connectivity index (χ4n) is 5.23. The highest BCUT2D eigenvalue weighted by Gasteiger charge is 2.13. The number of unbranched alkanes of at least 4 members (excludes halogenated alkanes) is 20. The zero-order valence-corrected chi connectivity index (χ0v) is 26.2. The SMILES string of the molecule is CCCCCCCC/C=C\CCCCCCCCCC(=O)OC(CCC)CCCCCCCCCCC(=O)O. The predicted molar refractivity (Wildman–Crippen MR) is 167 cm³/mol. The number of carbonyl (C=O) groups is 2. The van der Waals surface area contributed by atoms with E-state index in [-0.39, 0.29) is 12.1 Å². The minimum Gasteiger partial charge on any atom is -0.481 e. The second-order valence-corrected chi connectivity index (χ2v) is 11.7. The van der Waals surface area contributed by atoms with Gasteiger partial charge in [0.2, 0.25) is 0 Å². The standard InChI is InChI=1S/C35H66O4/c1-3-5-6-7-8-9-10-11-12-13-14-15-16-17-22-25-28-32-35(38)39-33(29-4-2)30-26-23-20-18-19-21-24-27-31-34(36)37/h11-12,33H,3-10,13-32H2,1-2H3,(H,36,37)/b12-11-. The van der Waals surface area contributed by atoms with Crippen molar-refractivity contribution in [3.05, 3.63) is 12.2 Å². The van der Waals surface area contributed by atoms with Gasteiger partial charge in [0.1, 0.15) is 6.10 Å². The normalized spacial score (nSPS) is 12.3. The maximum atomic E-state index is 12.3.